The summed E-state index contributed by atoms with van der Waals surface area (Å²) in [5.41, 5.74) is 1.12. The number of hydrogen-bond acceptors (Lipinski definition) is 5. The van der Waals surface area contributed by atoms with E-state index in [4.69, 9.17) is 4.74 Å². The zero-order chi connectivity index (χ0) is 21.5. The number of benzene rings is 2. The van der Waals surface area contributed by atoms with Crippen molar-refractivity contribution in [1.82, 2.24) is 9.62 Å². The molecule has 8 heteroatoms. The van der Waals surface area contributed by atoms with Crippen molar-refractivity contribution in [2.75, 3.05) is 19.6 Å². The maximum Gasteiger partial charge on any atom is 0.321 e. The van der Waals surface area contributed by atoms with Gasteiger partial charge in [-0.1, -0.05) is 42.5 Å². The summed E-state index contributed by atoms with van der Waals surface area (Å²) in [6.45, 7) is 4.70. The summed E-state index contributed by atoms with van der Waals surface area (Å²) in [6.07, 6.45) is 0.479. The average Bonchev–Trinajstić information content (AvgIpc) is 2.66. The van der Waals surface area contributed by atoms with Crippen molar-refractivity contribution in [3.8, 4) is 11.1 Å². The summed E-state index contributed by atoms with van der Waals surface area (Å²) in [6, 6.07) is 16.0. The zero-order valence-electron chi connectivity index (χ0n) is 16.8. The lowest BCUT2D eigenvalue weighted by Gasteiger charge is -2.24. The minimum absolute atomic E-state index is 0.0548. The van der Waals surface area contributed by atoms with Gasteiger partial charge in [0.25, 0.3) is 0 Å². The van der Waals surface area contributed by atoms with E-state index in [1.807, 2.05) is 30.3 Å². The highest BCUT2D eigenvalue weighted by Crippen LogP contribution is 2.23. The third-order valence-corrected chi connectivity index (χ3v) is 5.77. The van der Waals surface area contributed by atoms with Crippen molar-refractivity contribution in [2.24, 2.45) is 0 Å². The lowest BCUT2D eigenvalue weighted by atomic mass is 10.1. The van der Waals surface area contributed by atoms with E-state index in [1.54, 1.807) is 32.9 Å². The largest absolute Gasteiger partial charge is 0.459 e. The van der Waals surface area contributed by atoms with Crippen molar-refractivity contribution < 1.29 is 22.7 Å². The number of carbonyl (C=O) groups excluding carboxylic acids is 2. The van der Waals surface area contributed by atoms with Crippen molar-refractivity contribution in [3.63, 3.8) is 0 Å². The predicted octanol–water partition coefficient (Wildman–Crippen LogP) is 2.43. The van der Waals surface area contributed by atoms with Gasteiger partial charge in [0.15, 0.2) is 0 Å². The van der Waals surface area contributed by atoms with Gasteiger partial charge in [0, 0.05) is 13.1 Å². The predicted molar refractivity (Wildman–Crippen MR) is 111 cm³/mol. The highest BCUT2D eigenvalue weighted by molar-refractivity contribution is 7.89. The van der Waals surface area contributed by atoms with Gasteiger partial charge in [-0.25, -0.2) is 8.42 Å². The van der Waals surface area contributed by atoms with Crippen LogP contribution in [0.5, 0.6) is 0 Å². The number of ether oxygens (including phenoxy) is 1. The fourth-order valence-electron chi connectivity index (χ4n) is 2.65. The van der Waals surface area contributed by atoms with Crippen molar-refractivity contribution in [1.29, 1.82) is 0 Å². The van der Waals surface area contributed by atoms with Gasteiger partial charge in [0.05, 0.1) is 4.90 Å². The fourth-order valence-corrected chi connectivity index (χ4v) is 4.03. The summed E-state index contributed by atoms with van der Waals surface area (Å²) in [4.78, 5) is 22.8. The third-order valence-electron chi connectivity index (χ3n) is 3.91. The van der Waals surface area contributed by atoms with E-state index in [9.17, 15) is 18.0 Å². The van der Waals surface area contributed by atoms with Crippen LogP contribution in [0.2, 0.25) is 0 Å². The van der Waals surface area contributed by atoms with Crippen LogP contribution in [0, 0.1) is 0 Å². The van der Waals surface area contributed by atoms with Crippen LogP contribution in [-0.4, -0.2) is 50.3 Å². The van der Waals surface area contributed by atoms with Crippen LogP contribution in [0.25, 0.3) is 11.1 Å². The molecule has 0 atom stereocenters. The minimum Gasteiger partial charge on any atom is -0.459 e. The van der Waals surface area contributed by atoms with E-state index in [0.717, 1.165) is 15.4 Å². The number of nitrogens with one attached hydrogen (secondary N) is 1. The third kappa shape index (κ3) is 6.69. The topological polar surface area (TPSA) is 92.8 Å². The van der Waals surface area contributed by atoms with Crippen LogP contribution in [0.3, 0.4) is 0 Å². The Bertz CT molecular complexity index is 920. The number of carbonyl (C=O) groups is 2. The van der Waals surface area contributed by atoms with Crippen LogP contribution in [-0.2, 0) is 24.3 Å². The van der Waals surface area contributed by atoms with Crippen molar-refractivity contribution >= 4 is 22.4 Å². The van der Waals surface area contributed by atoms with E-state index in [-0.39, 0.29) is 18.0 Å². The molecular formula is C21H26N2O5S. The average molecular weight is 419 g/mol. The maximum atomic E-state index is 13.1. The minimum atomic E-state index is -3.95. The van der Waals surface area contributed by atoms with Gasteiger partial charge in [-0.05, 0) is 44.0 Å². The lowest BCUT2D eigenvalue weighted by Crippen LogP contribution is -2.41. The summed E-state index contributed by atoms with van der Waals surface area (Å²) >= 11 is 0. The zero-order valence-corrected chi connectivity index (χ0v) is 17.6. The number of nitrogens with zero attached hydrogens (tertiary/aromatic N) is 1. The second-order valence-corrected chi connectivity index (χ2v) is 9.33. The molecule has 0 unspecified atom stereocenters. The summed E-state index contributed by atoms with van der Waals surface area (Å²) in [5, 5.41) is 2.42. The fraction of sp³-hybridized carbons (Fsp3) is 0.333. The molecule has 0 spiro atoms. The molecule has 1 N–H and O–H groups in total. The van der Waals surface area contributed by atoms with Crippen LogP contribution in [0.4, 0.5) is 0 Å². The molecular weight excluding hydrogens is 392 g/mol. The molecule has 0 saturated heterocycles. The first-order chi connectivity index (χ1) is 13.6. The van der Waals surface area contributed by atoms with Crippen LogP contribution in [0.15, 0.2) is 59.5 Å². The second kappa shape index (κ2) is 9.67. The SMILES string of the molecule is CC(C)(C)OC(=O)CN(CCNC=O)S(=O)(=O)c1ccc(-c2ccccc2)cc1. The number of sulfonamides is 1. The summed E-state index contributed by atoms with van der Waals surface area (Å²) in [5.74, 6) is -0.659. The van der Waals surface area contributed by atoms with Gasteiger partial charge in [0.1, 0.15) is 12.1 Å². The van der Waals surface area contributed by atoms with Crippen molar-refractivity contribution in [2.45, 2.75) is 31.3 Å². The molecule has 2 rings (SSSR count). The first kappa shape index (κ1) is 22.6. The summed E-state index contributed by atoms with van der Waals surface area (Å²) in [7, 11) is -3.95. The van der Waals surface area contributed by atoms with Crippen LogP contribution < -0.4 is 5.32 Å². The molecule has 0 fully saturated rings. The Labute approximate surface area is 171 Å². The van der Waals surface area contributed by atoms with E-state index in [0.29, 0.717) is 6.41 Å². The molecule has 29 heavy (non-hydrogen) atoms. The molecule has 0 aromatic heterocycles. The number of rotatable bonds is 9. The monoisotopic (exact) mass is 418 g/mol. The molecule has 2 aromatic carbocycles. The van der Waals surface area contributed by atoms with E-state index >= 15 is 0 Å². The summed E-state index contributed by atoms with van der Waals surface area (Å²) < 4.78 is 32.4. The first-order valence-electron chi connectivity index (χ1n) is 9.18. The molecule has 156 valence electrons. The van der Waals surface area contributed by atoms with Gasteiger partial charge < -0.3 is 10.1 Å². The lowest BCUT2D eigenvalue weighted by molar-refractivity contribution is -0.154. The molecule has 0 aliphatic carbocycles. The molecule has 0 radical (unpaired) electrons. The van der Waals surface area contributed by atoms with Crippen LogP contribution >= 0.6 is 0 Å². The normalized spacial score (nSPS) is 11.9. The van der Waals surface area contributed by atoms with Gasteiger partial charge in [-0.15, -0.1) is 0 Å². The van der Waals surface area contributed by atoms with Gasteiger partial charge in [-0.3, -0.25) is 9.59 Å². The standard InChI is InChI=1S/C21H26N2O5S/c1-21(2,3)28-20(25)15-23(14-13-22-16-24)29(26,27)19-11-9-18(10-12-19)17-7-5-4-6-8-17/h4-12,16H,13-15H2,1-3H3,(H,22,24). The van der Waals surface area contributed by atoms with E-state index in [1.165, 1.54) is 12.1 Å². The Balaban J connectivity index is 2.25. The molecule has 2 aromatic rings. The molecule has 0 saturated carbocycles. The highest BCUT2D eigenvalue weighted by Gasteiger charge is 2.28. The van der Waals surface area contributed by atoms with E-state index < -0.39 is 28.1 Å². The maximum absolute atomic E-state index is 13.1. The second-order valence-electron chi connectivity index (χ2n) is 7.39. The van der Waals surface area contributed by atoms with Gasteiger partial charge >= 0.3 is 5.97 Å². The number of esters is 1. The molecule has 7 nitrogen and oxygen atoms in total. The Morgan fingerprint density at radius 1 is 1.03 bits per heavy atom. The Morgan fingerprint density at radius 2 is 1.62 bits per heavy atom. The van der Waals surface area contributed by atoms with Gasteiger partial charge in [0.2, 0.25) is 16.4 Å². The quantitative estimate of drug-likeness (QED) is 0.384. The number of hydrogen-bond donors (Lipinski definition) is 1. The molecule has 0 aliphatic heterocycles. The first-order valence-corrected chi connectivity index (χ1v) is 10.6. The Morgan fingerprint density at radius 3 is 2.17 bits per heavy atom. The Hall–Kier alpha value is -2.71. The molecule has 0 bridgehead atoms. The van der Waals surface area contributed by atoms with Crippen molar-refractivity contribution in [3.05, 3.63) is 54.6 Å². The molecule has 1 amide bonds. The smallest absolute Gasteiger partial charge is 0.321 e. The van der Waals surface area contributed by atoms with E-state index in [2.05, 4.69) is 5.32 Å². The van der Waals surface area contributed by atoms with Gasteiger partial charge in [-0.2, -0.15) is 4.31 Å². The Kier molecular flexibility index (Phi) is 7.53. The number of amides is 1. The van der Waals surface area contributed by atoms with Crippen LogP contribution in [0.1, 0.15) is 20.8 Å². The molecule has 0 heterocycles. The molecule has 0 aliphatic rings. The highest BCUT2D eigenvalue weighted by atomic mass is 32.2.